The summed E-state index contributed by atoms with van der Waals surface area (Å²) < 4.78 is 46.4. The zero-order chi connectivity index (χ0) is 25.8. The molecule has 3 aromatic carbocycles. The van der Waals surface area contributed by atoms with Gasteiger partial charge in [-0.25, -0.2) is 17.6 Å². The molecule has 0 saturated heterocycles. The van der Waals surface area contributed by atoms with Crippen molar-refractivity contribution >= 4 is 39.1 Å². The molecule has 0 aliphatic carbocycles. The van der Waals surface area contributed by atoms with Crippen molar-refractivity contribution in [2.24, 2.45) is 0 Å². The van der Waals surface area contributed by atoms with Crippen LogP contribution in [0.25, 0.3) is 0 Å². The Morgan fingerprint density at radius 3 is 2.23 bits per heavy atom. The summed E-state index contributed by atoms with van der Waals surface area (Å²) in [5, 5.41) is 2.58. The smallest absolute Gasteiger partial charge is 0.338 e. The van der Waals surface area contributed by atoms with E-state index in [2.05, 4.69) is 10.0 Å². The minimum atomic E-state index is -4.10. The number of halogens is 1. The highest BCUT2D eigenvalue weighted by molar-refractivity contribution is 7.92. The molecular weight excluding hydrogens is 475 g/mol. The Kier molecular flexibility index (Phi) is 7.65. The van der Waals surface area contributed by atoms with Crippen LogP contribution in [-0.4, -0.2) is 32.2 Å². The maximum absolute atomic E-state index is 13.8. The van der Waals surface area contributed by atoms with Crippen LogP contribution in [0.15, 0.2) is 71.6 Å². The zero-order valence-electron chi connectivity index (χ0n) is 19.2. The van der Waals surface area contributed by atoms with Gasteiger partial charge in [0.15, 0.2) is 11.9 Å². The van der Waals surface area contributed by atoms with Crippen LogP contribution in [0, 0.1) is 12.7 Å². The van der Waals surface area contributed by atoms with Crippen molar-refractivity contribution in [1.82, 2.24) is 0 Å². The molecule has 0 unspecified atom stereocenters. The quantitative estimate of drug-likeness (QED) is 0.353. The number of nitrogens with one attached hydrogen (secondary N) is 2. The van der Waals surface area contributed by atoms with E-state index in [0.717, 1.165) is 6.07 Å². The fourth-order valence-corrected chi connectivity index (χ4v) is 4.04. The molecule has 3 rings (SSSR count). The number of aryl methyl sites for hydroxylation is 1. The van der Waals surface area contributed by atoms with Gasteiger partial charge in [0.05, 0.1) is 10.5 Å². The van der Waals surface area contributed by atoms with Gasteiger partial charge in [-0.1, -0.05) is 12.1 Å². The Hall–Kier alpha value is -4.05. The summed E-state index contributed by atoms with van der Waals surface area (Å²) in [5.74, 6) is -2.21. The Bertz CT molecular complexity index is 1390. The van der Waals surface area contributed by atoms with Gasteiger partial charge in [0.1, 0.15) is 5.82 Å². The Morgan fingerprint density at radius 1 is 0.914 bits per heavy atom. The largest absolute Gasteiger partial charge is 0.449 e. The molecule has 8 nitrogen and oxygen atoms in total. The van der Waals surface area contributed by atoms with E-state index in [0.29, 0.717) is 16.8 Å². The predicted molar refractivity (Wildman–Crippen MR) is 128 cm³/mol. The summed E-state index contributed by atoms with van der Waals surface area (Å²) in [6, 6.07) is 15.3. The molecule has 0 aromatic heterocycles. The second-order valence-electron chi connectivity index (χ2n) is 7.77. The van der Waals surface area contributed by atoms with Gasteiger partial charge in [0.2, 0.25) is 0 Å². The lowest BCUT2D eigenvalue weighted by molar-refractivity contribution is -0.123. The average molecular weight is 499 g/mol. The first-order valence-electron chi connectivity index (χ1n) is 10.5. The maximum Gasteiger partial charge on any atom is 0.338 e. The van der Waals surface area contributed by atoms with Crippen LogP contribution in [0.5, 0.6) is 0 Å². The van der Waals surface area contributed by atoms with Crippen LogP contribution in [-0.2, 0) is 19.6 Å². The van der Waals surface area contributed by atoms with Gasteiger partial charge in [-0.3, -0.25) is 14.3 Å². The summed E-state index contributed by atoms with van der Waals surface area (Å²) >= 11 is 0. The summed E-state index contributed by atoms with van der Waals surface area (Å²) in [7, 11) is -4.10. The van der Waals surface area contributed by atoms with Crippen LogP contribution in [0.2, 0.25) is 0 Å². The highest BCUT2D eigenvalue weighted by atomic mass is 32.2. The first-order chi connectivity index (χ1) is 16.5. The van der Waals surface area contributed by atoms with E-state index in [4.69, 9.17) is 4.74 Å². The first-order valence-corrected chi connectivity index (χ1v) is 12.0. The first kappa shape index (κ1) is 25.6. The standard InChI is InChI=1S/C25H23FN2O6S/c1-15-7-12-22(14-23(15)26)35(32,33)28-21-6-4-5-19(13-21)25(31)34-17(3)24(30)27-20-10-8-18(9-11-20)16(2)29/h4-14,17,28H,1-3H3,(H,27,30)/t17-/m1/s1. The van der Waals surface area contributed by atoms with Crippen molar-refractivity contribution in [3.05, 3.63) is 89.2 Å². The molecule has 0 saturated carbocycles. The second kappa shape index (κ2) is 10.5. The van der Waals surface area contributed by atoms with E-state index in [1.165, 1.54) is 57.2 Å². The van der Waals surface area contributed by atoms with E-state index in [1.807, 2.05) is 0 Å². The molecule has 2 N–H and O–H groups in total. The zero-order valence-corrected chi connectivity index (χ0v) is 20.0. The van der Waals surface area contributed by atoms with Crippen molar-refractivity contribution in [1.29, 1.82) is 0 Å². The minimum absolute atomic E-state index is 0.00532. The van der Waals surface area contributed by atoms with Crippen LogP contribution < -0.4 is 10.0 Å². The molecule has 3 aromatic rings. The van der Waals surface area contributed by atoms with E-state index in [9.17, 15) is 27.2 Å². The number of sulfonamides is 1. The Labute approximate surface area is 202 Å². The van der Waals surface area contributed by atoms with Crippen molar-refractivity contribution in [2.45, 2.75) is 31.8 Å². The maximum atomic E-state index is 13.8. The molecule has 1 amide bonds. The molecule has 0 fully saturated rings. The molecule has 10 heteroatoms. The molecule has 0 spiro atoms. The van der Waals surface area contributed by atoms with Gasteiger partial charge < -0.3 is 10.1 Å². The van der Waals surface area contributed by atoms with Crippen molar-refractivity contribution in [3.8, 4) is 0 Å². The minimum Gasteiger partial charge on any atom is -0.449 e. The van der Waals surface area contributed by atoms with Crippen molar-refractivity contribution in [2.75, 3.05) is 10.0 Å². The fraction of sp³-hybridized carbons (Fsp3) is 0.160. The number of carbonyl (C=O) groups excluding carboxylic acids is 3. The number of rotatable bonds is 8. The van der Waals surface area contributed by atoms with E-state index < -0.39 is 33.8 Å². The third-order valence-corrected chi connectivity index (χ3v) is 6.40. The predicted octanol–water partition coefficient (Wildman–Crippen LogP) is 4.32. The molecule has 1 atom stereocenters. The molecule has 0 heterocycles. The van der Waals surface area contributed by atoms with E-state index in [-0.39, 0.29) is 21.9 Å². The van der Waals surface area contributed by atoms with Gasteiger partial charge >= 0.3 is 5.97 Å². The normalized spacial score (nSPS) is 11.9. The highest BCUT2D eigenvalue weighted by Gasteiger charge is 2.21. The highest BCUT2D eigenvalue weighted by Crippen LogP contribution is 2.20. The monoisotopic (exact) mass is 498 g/mol. The summed E-state index contributed by atoms with van der Waals surface area (Å²) in [6.07, 6.45) is -1.16. The summed E-state index contributed by atoms with van der Waals surface area (Å²) in [6.45, 7) is 4.33. The number of Topliss-reactive ketones (excluding diaryl/α,β-unsaturated/α-hetero) is 1. The molecular formula is C25H23FN2O6S. The van der Waals surface area contributed by atoms with E-state index >= 15 is 0 Å². The number of ether oxygens (including phenoxy) is 1. The number of hydrogen-bond acceptors (Lipinski definition) is 6. The second-order valence-corrected chi connectivity index (χ2v) is 9.45. The number of esters is 1. The molecule has 0 radical (unpaired) electrons. The lowest BCUT2D eigenvalue weighted by atomic mass is 10.1. The summed E-state index contributed by atoms with van der Waals surface area (Å²) in [4.78, 5) is 36.0. The Balaban J connectivity index is 1.66. The van der Waals surface area contributed by atoms with Gasteiger partial charge in [-0.05, 0) is 80.9 Å². The van der Waals surface area contributed by atoms with Gasteiger partial charge in [0, 0.05) is 16.9 Å². The molecule has 0 aliphatic heterocycles. The van der Waals surface area contributed by atoms with Crippen molar-refractivity contribution < 1.29 is 31.9 Å². The van der Waals surface area contributed by atoms with E-state index in [1.54, 1.807) is 24.3 Å². The van der Waals surface area contributed by atoms with Crippen molar-refractivity contribution in [3.63, 3.8) is 0 Å². The van der Waals surface area contributed by atoms with Gasteiger partial charge in [-0.15, -0.1) is 0 Å². The molecule has 0 bridgehead atoms. The third kappa shape index (κ3) is 6.51. The number of benzene rings is 3. The van der Waals surface area contributed by atoms with Gasteiger partial charge in [0.25, 0.3) is 15.9 Å². The number of ketones is 1. The fourth-order valence-electron chi connectivity index (χ4n) is 2.98. The van der Waals surface area contributed by atoms with Crippen LogP contribution >= 0.6 is 0 Å². The Morgan fingerprint density at radius 2 is 1.60 bits per heavy atom. The number of hydrogen-bond donors (Lipinski definition) is 2. The number of anilines is 2. The van der Waals surface area contributed by atoms with Crippen LogP contribution in [0.4, 0.5) is 15.8 Å². The lowest BCUT2D eigenvalue weighted by Gasteiger charge is -2.14. The average Bonchev–Trinajstić information content (AvgIpc) is 2.80. The molecule has 182 valence electrons. The van der Waals surface area contributed by atoms with Gasteiger partial charge in [-0.2, -0.15) is 0 Å². The SMILES string of the molecule is CC(=O)c1ccc(NC(=O)[C@@H](C)OC(=O)c2cccc(NS(=O)(=O)c3ccc(C)c(F)c3)c2)cc1. The topological polar surface area (TPSA) is 119 Å². The molecule has 0 aliphatic rings. The van der Waals surface area contributed by atoms with Crippen LogP contribution in [0.3, 0.4) is 0 Å². The number of amides is 1. The summed E-state index contributed by atoms with van der Waals surface area (Å²) in [5.41, 5.74) is 1.28. The number of carbonyl (C=O) groups is 3. The lowest BCUT2D eigenvalue weighted by Crippen LogP contribution is -2.30. The molecule has 35 heavy (non-hydrogen) atoms. The van der Waals surface area contributed by atoms with Crippen LogP contribution in [0.1, 0.15) is 40.1 Å². The third-order valence-electron chi connectivity index (χ3n) is 5.02.